The van der Waals surface area contributed by atoms with Crippen LogP contribution in [0.25, 0.3) is 0 Å². The Morgan fingerprint density at radius 1 is 1.54 bits per heavy atom. The quantitative estimate of drug-likeness (QED) is 0.388. The molecule has 0 saturated heterocycles. The second-order valence-corrected chi connectivity index (χ2v) is 3.74. The number of likely N-dealkylation sites (N-methyl/N-ethyl adjacent to an activating group) is 1. The Morgan fingerprint density at radius 2 is 2.23 bits per heavy atom. The molecule has 0 radical (unpaired) electrons. The lowest BCUT2D eigenvalue weighted by atomic mass is 10.4. The minimum absolute atomic E-state index is 0.690. The van der Waals surface area contributed by atoms with Crippen molar-refractivity contribution in [1.82, 2.24) is 4.90 Å². The second kappa shape index (κ2) is 5.22. The number of amidine groups is 1. The fourth-order valence-corrected chi connectivity index (χ4v) is 1.14. The third-order valence-corrected chi connectivity index (χ3v) is 2.42. The van der Waals surface area contributed by atoms with Gasteiger partial charge in [0.1, 0.15) is 0 Å². The molecule has 13 heavy (non-hydrogen) atoms. The zero-order valence-electron chi connectivity index (χ0n) is 8.68. The van der Waals surface area contributed by atoms with Crippen LogP contribution in [0.15, 0.2) is 0 Å². The first-order valence-corrected chi connectivity index (χ1v) is 5.10. The van der Waals surface area contributed by atoms with Gasteiger partial charge in [-0.15, -0.1) is 0 Å². The Kier molecular flexibility index (Phi) is 4.22. The van der Waals surface area contributed by atoms with Crippen LogP contribution in [0.1, 0.15) is 26.2 Å². The van der Waals surface area contributed by atoms with Crippen molar-refractivity contribution in [2.24, 2.45) is 5.92 Å². The molecule has 0 spiro atoms. The molecule has 0 heterocycles. The van der Waals surface area contributed by atoms with Crippen LogP contribution >= 0.6 is 0 Å². The predicted molar refractivity (Wildman–Crippen MR) is 54.2 cm³/mol. The molecule has 76 valence electrons. The van der Waals surface area contributed by atoms with Crippen LogP contribution in [-0.2, 0) is 4.74 Å². The third-order valence-electron chi connectivity index (χ3n) is 2.42. The molecule has 0 aliphatic heterocycles. The topological polar surface area (TPSA) is 36.3 Å². The van der Waals surface area contributed by atoms with E-state index in [0.29, 0.717) is 5.84 Å². The lowest BCUT2D eigenvalue weighted by Crippen LogP contribution is -2.29. The van der Waals surface area contributed by atoms with Gasteiger partial charge in [-0.3, -0.25) is 5.41 Å². The molecule has 0 aromatic heterocycles. The first-order valence-electron chi connectivity index (χ1n) is 5.10. The molecule has 1 fully saturated rings. The van der Waals surface area contributed by atoms with Gasteiger partial charge >= 0.3 is 0 Å². The van der Waals surface area contributed by atoms with Crippen LogP contribution in [0, 0.1) is 11.3 Å². The van der Waals surface area contributed by atoms with Gasteiger partial charge in [-0.1, -0.05) is 6.92 Å². The van der Waals surface area contributed by atoms with Crippen molar-refractivity contribution in [2.45, 2.75) is 26.2 Å². The van der Waals surface area contributed by atoms with Crippen LogP contribution in [-0.4, -0.2) is 37.5 Å². The van der Waals surface area contributed by atoms with Crippen LogP contribution < -0.4 is 0 Å². The lowest BCUT2D eigenvalue weighted by Gasteiger charge is -2.18. The van der Waals surface area contributed by atoms with Crippen molar-refractivity contribution in [3.63, 3.8) is 0 Å². The standard InChI is InChI=1S/C10H20N2O/c1-3-10(11)12(2)6-7-13-8-9-4-5-9/h9,11H,3-8H2,1-2H3. The van der Waals surface area contributed by atoms with Gasteiger partial charge in [-0.2, -0.15) is 0 Å². The normalized spacial score (nSPS) is 15.8. The highest BCUT2D eigenvalue weighted by Gasteiger charge is 2.20. The molecular formula is C10H20N2O. The number of rotatable bonds is 6. The smallest absolute Gasteiger partial charge is 0.0953 e. The van der Waals surface area contributed by atoms with E-state index in [1.807, 2.05) is 18.9 Å². The van der Waals surface area contributed by atoms with Crippen LogP contribution in [0.2, 0.25) is 0 Å². The van der Waals surface area contributed by atoms with Crippen LogP contribution in [0.4, 0.5) is 0 Å². The molecule has 0 unspecified atom stereocenters. The Bertz CT molecular complexity index is 166. The molecule has 1 rings (SSSR count). The maximum atomic E-state index is 7.55. The molecule has 1 N–H and O–H groups in total. The molecule has 0 aromatic rings. The zero-order valence-corrected chi connectivity index (χ0v) is 8.68. The van der Waals surface area contributed by atoms with Gasteiger partial charge in [0.15, 0.2) is 0 Å². The number of nitrogens with one attached hydrogen (secondary N) is 1. The molecule has 1 aliphatic carbocycles. The van der Waals surface area contributed by atoms with E-state index in [1.54, 1.807) is 0 Å². The van der Waals surface area contributed by atoms with Gasteiger partial charge in [0.05, 0.1) is 12.4 Å². The van der Waals surface area contributed by atoms with E-state index >= 15 is 0 Å². The van der Waals surface area contributed by atoms with Gasteiger partial charge in [-0.25, -0.2) is 0 Å². The Balaban J connectivity index is 1.93. The van der Waals surface area contributed by atoms with Gasteiger partial charge in [-0.05, 0) is 18.8 Å². The van der Waals surface area contributed by atoms with Crippen molar-refractivity contribution >= 4 is 5.84 Å². The summed E-state index contributed by atoms with van der Waals surface area (Å²) in [5.74, 6) is 1.53. The van der Waals surface area contributed by atoms with Crippen molar-refractivity contribution in [3.8, 4) is 0 Å². The summed E-state index contributed by atoms with van der Waals surface area (Å²) < 4.78 is 5.48. The van der Waals surface area contributed by atoms with E-state index in [-0.39, 0.29) is 0 Å². The largest absolute Gasteiger partial charge is 0.379 e. The summed E-state index contributed by atoms with van der Waals surface area (Å²) in [4.78, 5) is 1.95. The molecule has 0 bridgehead atoms. The van der Waals surface area contributed by atoms with Crippen molar-refractivity contribution in [3.05, 3.63) is 0 Å². The molecule has 3 nitrogen and oxygen atoms in total. The summed E-state index contributed by atoms with van der Waals surface area (Å²) in [5.41, 5.74) is 0. The summed E-state index contributed by atoms with van der Waals surface area (Å²) in [6.45, 7) is 4.53. The number of hydrogen-bond acceptors (Lipinski definition) is 2. The van der Waals surface area contributed by atoms with Crippen LogP contribution in [0.5, 0.6) is 0 Å². The molecule has 0 atom stereocenters. The van der Waals surface area contributed by atoms with Gasteiger partial charge in [0.2, 0.25) is 0 Å². The predicted octanol–water partition coefficient (Wildman–Crippen LogP) is 1.73. The Labute approximate surface area is 80.6 Å². The van der Waals surface area contributed by atoms with E-state index in [9.17, 15) is 0 Å². The average molecular weight is 184 g/mol. The van der Waals surface area contributed by atoms with E-state index in [4.69, 9.17) is 10.1 Å². The minimum Gasteiger partial charge on any atom is -0.379 e. The summed E-state index contributed by atoms with van der Waals surface area (Å²) in [6.07, 6.45) is 3.50. The molecular weight excluding hydrogens is 164 g/mol. The number of hydrogen-bond donors (Lipinski definition) is 1. The lowest BCUT2D eigenvalue weighted by molar-refractivity contribution is 0.115. The fourth-order valence-electron chi connectivity index (χ4n) is 1.14. The molecule has 1 saturated carbocycles. The van der Waals surface area contributed by atoms with E-state index in [2.05, 4.69) is 0 Å². The maximum Gasteiger partial charge on any atom is 0.0953 e. The first kappa shape index (κ1) is 10.5. The Hall–Kier alpha value is -0.570. The highest BCUT2D eigenvalue weighted by molar-refractivity contribution is 5.78. The molecule has 0 aromatic carbocycles. The minimum atomic E-state index is 0.690. The average Bonchev–Trinajstić information content (AvgIpc) is 2.94. The monoisotopic (exact) mass is 184 g/mol. The van der Waals surface area contributed by atoms with Crippen molar-refractivity contribution in [1.29, 1.82) is 5.41 Å². The summed E-state index contributed by atoms with van der Waals surface area (Å²) in [5, 5.41) is 7.55. The Morgan fingerprint density at radius 3 is 2.77 bits per heavy atom. The van der Waals surface area contributed by atoms with E-state index in [1.165, 1.54) is 12.8 Å². The third kappa shape index (κ3) is 4.27. The van der Waals surface area contributed by atoms with Crippen molar-refractivity contribution in [2.75, 3.05) is 26.8 Å². The zero-order chi connectivity index (χ0) is 9.68. The van der Waals surface area contributed by atoms with Crippen molar-refractivity contribution < 1.29 is 4.74 Å². The van der Waals surface area contributed by atoms with Gasteiger partial charge in [0.25, 0.3) is 0 Å². The summed E-state index contributed by atoms with van der Waals surface area (Å²) in [6, 6.07) is 0. The molecule has 3 heteroatoms. The summed E-state index contributed by atoms with van der Waals surface area (Å²) >= 11 is 0. The second-order valence-electron chi connectivity index (χ2n) is 3.74. The fraction of sp³-hybridized carbons (Fsp3) is 0.900. The highest BCUT2D eigenvalue weighted by atomic mass is 16.5. The van der Waals surface area contributed by atoms with Gasteiger partial charge < -0.3 is 9.64 Å². The molecule has 0 amide bonds. The van der Waals surface area contributed by atoms with Crippen LogP contribution in [0.3, 0.4) is 0 Å². The van der Waals surface area contributed by atoms with E-state index < -0.39 is 0 Å². The number of nitrogens with zero attached hydrogens (tertiary/aromatic N) is 1. The first-order chi connectivity index (χ1) is 6.24. The SMILES string of the molecule is CCC(=N)N(C)CCOCC1CC1. The maximum absolute atomic E-state index is 7.55. The number of ether oxygens (including phenoxy) is 1. The van der Waals surface area contributed by atoms with E-state index in [0.717, 1.165) is 32.1 Å². The van der Waals surface area contributed by atoms with Gasteiger partial charge in [0, 0.05) is 26.6 Å². The summed E-state index contributed by atoms with van der Waals surface area (Å²) in [7, 11) is 1.95. The molecule has 1 aliphatic rings. The highest BCUT2D eigenvalue weighted by Crippen LogP contribution is 2.28.